The second-order valence-corrected chi connectivity index (χ2v) is 7.49. The van der Waals surface area contributed by atoms with Crippen molar-refractivity contribution in [2.45, 2.75) is 5.92 Å². The van der Waals surface area contributed by atoms with Crippen LogP contribution in [0, 0.1) is 0 Å². The first-order valence-electron chi connectivity index (χ1n) is 8.96. The summed E-state index contributed by atoms with van der Waals surface area (Å²) in [6, 6.07) is 18.7. The molecule has 150 valence electrons. The van der Waals surface area contributed by atoms with Crippen LogP contribution in [0.5, 0.6) is 0 Å². The number of carbonyl (C=O) groups is 2. The number of anilines is 1. The maximum atomic E-state index is 13.2. The van der Waals surface area contributed by atoms with Crippen molar-refractivity contribution in [2.75, 3.05) is 5.32 Å². The number of amides is 1. The average Bonchev–Trinajstić information content (AvgIpc) is 3.13. The largest absolute Gasteiger partial charge is 0.478 e. The summed E-state index contributed by atoms with van der Waals surface area (Å²) in [5.74, 6) is -1.91. The lowest BCUT2D eigenvalue weighted by atomic mass is 9.90. The molecule has 0 bridgehead atoms. The fourth-order valence-corrected chi connectivity index (χ4v) is 3.51. The molecular weight excluding hydrogens is 425 g/mol. The van der Waals surface area contributed by atoms with Crippen LogP contribution in [-0.4, -0.2) is 27.0 Å². The van der Waals surface area contributed by atoms with Crippen molar-refractivity contribution in [3.63, 3.8) is 0 Å². The summed E-state index contributed by atoms with van der Waals surface area (Å²) in [4.78, 5) is 31.9. The van der Waals surface area contributed by atoms with Gasteiger partial charge in [-0.3, -0.25) is 10.1 Å². The number of carbonyl (C=O) groups excluding carboxylic acids is 1. The van der Waals surface area contributed by atoms with Gasteiger partial charge < -0.3 is 10.1 Å². The molecule has 0 fully saturated rings. The Bertz CT molecular complexity index is 1190. The molecule has 30 heavy (non-hydrogen) atoms. The molecule has 0 aliphatic rings. The van der Waals surface area contributed by atoms with E-state index in [1.165, 1.54) is 6.07 Å². The third kappa shape index (κ3) is 4.01. The standard InChI is InChI=1S/C22H15Cl2N3O3/c23-14-8-4-12(5-9-14)18(13-6-10-15(24)11-7-13)20(28)27-22-25-17-3-1-2-16(21(29)30)19(17)26-22/h1-11,18H,(H,29,30)(H2,25,26,27,28). The van der Waals surface area contributed by atoms with Gasteiger partial charge in [-0.15, -0.1) is 0 Å². The number of benzene rings is 3. The molecular formula is C22H15Cl2N3O3. The number of halogens is 2. The first-order chi connectivity index (χ1) is 14.4. The summed E-state index contributed by atoms with van der Waals surface area (Å²) in [6.45, 7) is 0. The average molecular weight is 440 g/mol. The molecule has 4 aromatic rings. The van der Waals surface area contributed by atoms with Crippen molar-refractivity contribution < 1.29 is 14.7 Å². The molecule has 1 aromatic heterocycles. The first-order valence-corrected chi connectivity index (χ1v) is 9.72. The van der Waals surface area contributed by atoms with E-state index in [1.54, 1.807) is 60.7 Å². The van der Waals surface area contributed by atoms with Crippen molar-refractivity contribution >= 4 is 52.1 Å². The number of nitrogens with one attached hydrogen (secondary N) is 2. The summed E-state index contributed by atoms with van der Waals surface area (Å²) >= 11 is 12.0. The minimum Gasteiger partial charge on any atom is -0.478 e. The Morgan fingerprint density at radius 3 is 2.00 bits per heavy atom. The molecule has 6 nitrogen and oxygen atoms in total. The lowest BCUT2D eigenvalue weighted by molar-refractivity contribution is -0.116. The van der Waals surface area contributed by atoms with Crippen molar-refractivity contribution in [1.82, 2.24) is 9.97 Å². The Hall–Kier alpha value is -3.35. The van der Waals surface area contributed by atoms with Gasteiger partial charge in [-0.25, -0.2) is 9.78 Å². The molecule has 0 aliphatic carbocycles. The number of carboxylic acid groups (broad SMARTS) is 1. The van der Waals surface area contributed by atoms with Gasteiger partial charge in [0.25, 0.3) is 0 Å². The van der Waals surface area contributed by atoms with Gasteiger partial charge >= 0.3 is 5.97 Å². The van der Waals surface area contributed by atoms with Crippen LogP contribution in [0.3, 0.4) is 0 Å². The van der Waals surface area contributed by atoms with Gasteiger partial charge in [0, 0.05) is 10.0 Å². The Labute approximate surface area is 181 Å². The van der Waals surface area contributed by atoms with Gasteiger partial charge in [0.05, 0.1) is 17.0 Å². The molecule has 0 saturated heterocycles. The molecule has 0 radical (unpaired) electrons. The number of hydrogen-bond donors (Lipinski definition) is 3. The van der Waals surface area contributed by atoms with Gasteiger partial charge in [-0.2, -0.15) is 0 Å². The topological polar surface area (TPSA) is 95.1 Å². The molecule has 0 atom stereocenters. The van der Waals surface area contributed by atoms with Gasteiger partial charge in [-0.05, 0) is 47.5 Å². The van der Waals surface area contributed by atoms with E-state index in [-0.39, 0.29) is 22.9 Å². The van der Waals surface area contributed by atoms with E-state index in [0.717, 1.165) is 11.1 Å². The molecule has 3 aromatic carbocycles. The predicted octanol–water partition coefficient (Wildman–Crippen LogP) is 5.34. The van der Waals surface area contributed by atoms with Crippen molar-refractivity contribution in [3.8, 4) is 0 Å². The number of hydrogen-bond acceptors (Lipinski definition) is 3. The van der Waals surface area contributed by atoms with Crippen LogP contribution >= 0.6 is 23.2 Å². The molecule has 0 aliphatic heterocycles. The number of aromatic amines is 1. The van der Waals surface area contributed by atoms with Crippen LogP contribution in [0.2, 0.25) is 10.0 Å². The van der Waals surface area contributed by atoms with Gasteiger partial charge in [0.1, 0.15) is 5.52 Å². The molecule has 1 amide bonds. The number of fused-ring (bicyclic) bond motifs is 1. The fraction of sp³-hybridized carbons (Fsp3) is 0.0455. The predicted molar refractivity (Wildman–Crippen MR) is 116 cm³/mol. The van der Waals surface area contributed by atoms with Crippen LogP contribution in [0.1, 0.15) is 27.4 Å². The summed E-state index contributed by atoms with van der Waals surface area (Å²) in [5.41, 5.74) is 2.31. The van der Waals surface area contributed by atoms with Gasteiger partial charge in [0.2, 0.25) is 11.9 Å². The SMILES string of the molecule is O=C(O)c1cccc2[nH]c(NC(=O)C(c3ccc(Cl)cc3)c3ccc(Cl)cc3)nc12. The molecule has 3 N–H and O–H groups in total. The number of carboxylic acids is 1. The number of imidazole rings is 1. The highest BCUT2D eigenvalue weighted by Crippen LogP contribution is 2.29. The zero-order valence-corrected chi connectivity index (χ0v) is 16.9. The van der Waals surface area contributed by atoms with E-state index >= 15 is 0 Å². The maximum absolute atomic E-state index is 13.2. The van der Waals surface area contributed by atoms with E-state index in [1.807, 2.05) is 0 Å². The monoisotopic (exact) mass is 439 g/mol. The Balaban J connectivity index is 1.71. The number of rotatable bonds is 5. The number of nitrogens with zero attached hydrogens (tertiary/aromatic N) is 1. The Morgan fingerprint density at radius 1 is 0.900 bits per heavy atom. The van der Waals surface area contributed by atoms with Crippen LogP contribution in [0.25, 0.3) is 11.0 Å². The first kappa shape index (κ1) is 19.9. The zero-order valence-electron chi connectivity index (χ0n) is 15.4. The van der Waals surface area contributed by atoms with Crippen LogP contribution in [-0.2, 0) is 4.79 Å². The van der Waals surface area contributed by atoms with Gasteiger partial charge in [0.15, 0.2) is 0 Å². The highest BCUT2D eigenvalue weighted by atomic mass is 35.5. The van der Waals surface area contributed by atoms with Crippen molar-refractivity contribution in [2.24, 2.45) is 0 Å². The summed E-state index contributed by atoms with van der Waals surface area (Å²) in [5, 5.41) is 13.2. The molecule has 0 spiro atoms. The number of aromatic carboxylic acids is 1. The minimum absolute atomic E-state index is 0.0520. The van der Waals surface area contributed by atoms with E-state index in [0.29, 0.717) is 15.6 Å². The van der Waals surface area contributed by atoms with Gasteiger partial charge in [-0.1, -0.05) is 53.5 Å². The summed E-state index contributed by atoms with van der Waals surface area (Å²) in [6.07, 6.45) is 0. The molecule has 0 unspecified atom stereocenters. The Kier molecular flexibility index (Phi) is 5.44. The normalized spacial score (nSPS) is 11.0. The second kappa shape index (κ2) is 8.18. The quantitative estimate of drug-likeness (QED) is 0.391. The number of aromatic nitrogens is 2. The van der Waals surface area contributed by atoms with E-state index in [2.05, 4.69) is 15.3 Å². The highest BCUT2D eigenvalue weighted by Gasteiger charge is 2.24. The Morgan fingerprint density at radius 2 is 1.47 bits per heavy atom. The fourth-order valence-electron chi connectivity index (χ4n) is 3.26. The van der Waals surface area contributed by atoms with E-state index in [9.17, 15) is 14.7 Å². The third-order valence-corrected chi connectivity index (χ3v) is 5.16. The maximum Gasteiger partial charge on any atom is 0.337 e. The molecule has 4 rings (SSSR count). The lowest BCUT2D eigenvalue weighted by Gasteiger charge is -2.17. The highest BCUT2D eigenvalue weighted by molar-refractivity contribution is 6.30. The minimum atomic E-state index is -1.09. The molecule has 0 saturated carbocycles. The second-order valence-electron chi connectivity index (χ2n) is 6.62. The van der Waals surface area contributed by atoms with Crippen LogP contribution < -0.4 is 5.32 Å². The number of para-hydroxylation sites is 1. The summed E-state index contributed by atoms with van der Waals surface area (Å²) < 4.78 is 0. The van der Waals surface area contributed by atoms with Crippen LogP contribution in [0.4, 0.5) is 5.95 Å². The summed E-state index contributed by atoms with van der Waals surface area (Å²) in [7, 11) is 0. The number of H-pyrrole nitrogens is 1. The molecule has 8 heteroatoms. The molecule has 1 heterocycles. The van der Waals surface area contributed by atoms with E-state index in [4.69, 9.17) is 23.2 Å². The lowest BCUT2D eigenvalue weighted by Crippen LogP contribution is -2.22. The van der Waals surface area contributed by atoms with Crippen LogP contribution in [0.15, 0.2) is 66.7 Å². The smallest absolute Gasteiger partial charge is 0.337 e. The zero-order chi connectivity index (χ0) is 21.3. The third-order valence-electron chi connectivity index (χ3n) is 4.65. The van der Waals surface area contributed by atoms with Crippen molar-refractivity contribution in [3.05, 3.63) is 93.5 Å². The van der Waals surface area contributed by atoms with E-state index < -0.39 is 11.9 Å². The van der Waals surface area contributed by atoms with Crippen molar-refractivity contribution in [1.29, 1.82) is 0 Å².